The number of nitrogens with one attached hydrogen (secondary N) is 1. The van der Waals surface area contributed by atoms with Crippen molar-refractivity contribution < 1.29 is 8.42 Å². The van der Waals surface area contributed by atoms with Gasteiger partial charge in [0.2, 0.25) is 10.0 Å². The molecular weight excluding hydrogens is 238 g/mol. The van der Waals surface area contributed by atoms with E-state index in [9.17, 15) is 8.42 Å². The molecule has 1 aliphatic rings. The lowest BCUT2D eigenvalue weighted by Gasteiger charge is -2.31. The summed E-state index contributed by atoms with van der Waals surface area (Å²) < 4.78 is 25.6. The highest BCUT2D eigenvalue weighted by Crippen LogP contribution is 2.26. The van der Waals surface area contributed by atoms with E-state index in [0.29, 0.717) is 19.5 Å². The van der Waals surface area contributed by atoms with Gasteiger partial charge in [-0.2, -0.15) is 5.10 Å². The van der Waals surface area contributed by atoms with Crippen LogP contribution in [0.4, 0.5) is 0 Å². The molecule has 0 radical (unpaired) electrons. The third kappa shape index (κ3) is 2.87. The Hall–Kier alpha value is -0.880. The molecule has 1 fully saturated rings. The molecule has 1 N–H and O–H groups in total. The van der Waals surface area contributed by atoms with Crippen molar-refractivity contribution in [1.29, 1.82) is 0 Å². The molecule has 6 heteroatoms. The molecule has 0 bridgehead atoms. The molecule has 1 aliphatic heterocycles. The SMILES string of the molecule is CCCS(=O)(=O)N1CCCC(c2ccn[nH]2)C1. The second kappa shape index (κ2) is 5.18. The number of aromatic amines is 1. The predicted octanol–water partition coefficient (Wildman–Crippen LogP) is 1.33. The van der Waals surface area contributed by atoms with Gasteiger partial charge in [0, 0.05) is 30.9 Å². The van der Waals surface area contributed by atoms with Crippen molar-refractivity contribution >= 4 is 10.0 Å². The summed E-state index contributed by atoms with van der Waals surface area (Å²) >= 11 is 0. The van der Waals surface area contributed by atoms with Crippen molar-refractivity contribution in [3.63, 3.8) is 0 Å². The average Bonchev–Trinajstić information content (AvgIpc) is 2.82. The number of rotatable bonds is 4. The number of piperidine rings is 1. The van der Waals surface area contributed by atoms with Gasteiger partial charge in [-0.15, -0.1) is 0 Å². The van der Waals surface area contributed by atoms with Gasteiger partial charge in [-0.05, 0) is 25.3 Å². The fraction of sp³-hybridized carbons (Fsp3) is 0.727. The molecular formula is C11H19N3O2S. The van der Waals surface area contributed by atoms with E-state index in [1.807, 2.05) is 13.0 Å². The zero-order valence-corrected chi connectivity index (χ0v) is 10.9. The lowest BCUT2D eigenvalue weighted by atomic mass is 9.96. The summed E-state index contributed by atoms with van der Waals surface area (Å²) in [5.41, 5.74) is 1.04. The standard InChI is InChI=1S/C11H19N3O2S/c1-2-8-17(15,16)14-7-3-4-10(9-14)11-5-6-12-13-11/h5-6,10H,2-4,7-9H2,1H3,(H,12,13). The highest BCUT2D eigenvalue weighted by molar-refractivity contribution is 7.89. The van der Waals surface area contributed by atoms with Crippen molar-refractivity contribution in [2.24, 2.45) is 0 Å². The number of hydrogen-bond acceptors (Lipinski definition) is 3. The maximum Gasteiger partial charge on any atom is 0.214 e. The van der Waals surface area contributed by atoms with Crippen molar-refractivity contribution in [3.8, 4) is 0 Å². The van der Waals surface area contributed by atoms with Crippen molar-refractivity contribution in [1.82, 2.24) is 14.5 Å². The predicted molar refractivity (Wildman–Crippen MR) is 66.2 cm³/mol. The van der Waals surface area contributed by atoms with Gasteiger partial charge in [-0.1, -0.05) is 6.92 Å². The minimum atomic E-state index is -3.06. The summed E-state index contributed by atoms with van der Waals surface area (Å²) in [6, 6.07) is 1.93. The summed E-state index contributed by atoms with van der Waals surface area (Å²) in [5, 5.41) is 6.87. The van der Waals surface area contributed by atoms with Gasteiger partial charge in [-0.3, -0.25) is 5.10 Å². The first-order valence-corrected chi connectivity index (χ1v) is 7.71. The molecule has 2 rings (SSSR count). The van der Waals surface area contributed by atoms with E-state index in [4.69, 9.17) is 0 Å². The van der Waals surface area contributed by atoms with Crippen LogP contribution >= 0.6 is 0 Å². The fourth-order valence-corrected chi connectivity index (χ4v) is 3.92. The van der Waals surface area contributed by atoms with Gasteiger partial charge in [0.15, 0.2) is 0 Å². The molecule has 96 valence electrons. The van der Waals surface area contributed by atoms with Gasteiger partial charge in [-0.25, -0.2) is 12.7 Å². The molecule has 1 aromatic heterocycles. The lowest BCUT2D eigenvalue weighted by Crippen LogP contribution is -2.40. The van der Waals surface area contributed by atoms with E-state index in [0.717, 1.165) is 18.5 Å². The maximum absolute atomic E-state index is 12.0. The summed E-state index contributed by atoms with van der Waals surface area (Å²) in [4.78, 5) is 0. The number of hydrogen-bond donors (Lipinski definition) is 1. The summed E-state index contributed by atoms with van der Waals surface area (Å²) in [5.74, 6) is 0.515. The second-order valence-electron chi connectivity index (χ2n) is 4.53. The Morgan fingerprint density at radius 2 is 2.41 bits per heavy atom. The molecule has 1 aromatic rings. The molecule has 0 aromatic carbocycles. The third-order valence-corrected chi connectivity index (χ3v) is 5.24. The quantitative estimate of drug-likeness (QED) is 0.885. The summed E-state index contributed by atoms with van der Waals surface area (Å²) in [7, 11) is -3.06. The van der Waals surface area contributed by atoms with Gasteiger partial charge < -0.3 is 0 Å². The highest BCUT2D eigenvalue weighted by atomic mass is 32.2. The van der Waals surface area contributed by atoms with Crippen LogP contribution in [0.15, 0.2) is 12.3 Å². The van der Waals surface area contributed by atoms with E-state index in [1.54, 1.807) is 10.5 Å². The first kappa shape index (κ1) is 12.6. The van der Waals surface area contributed by atoms with E-state index in [1.165, 1.54) is 0 Å². The topological polar surface area (TPSA) is 66.1 Å². The van der Waals surface area contributed by atoms with Crippen LogP contribution in [0.25, 0.3) is 0 Å². The first-order valence-electron chi connectivity index (χ1n) is 6.10. The summed E-state index contributed by atoms with van der Waals surface area (Å²) in [6.45, 7) is 3.14. The largest absolute Gasteiger partial charge is 0.282 e. The molecule has 1 saturated heterocycles. The Balaban J connectivity index is 2.07. The van der Waals surface area contributed by atoms with E-state index in [-0.39, 0.29) is 11.7 Å². The maximum atomic E-state index is 12.0. The molecule has 17 heavy (non-hydrogen) atoms. The Kier molecular flexibility index (Phi) is 3.83. The molecule has 0 spiro atoms. The van der Waals surface area contributed by atoms with Crippen LogP contribution in [0.5, 0.6) is 0 Å². The van der Waals surface area contributed by atoms with E-state index < -0.39 is 10.0 Å². The number of aromatic nitrogens is 2. The molecule has 1 atom stereocenters. The Morgan fingerprint density at radius 1 is 1.59 bits per heavy atom. The van der Waals surface area contributed by atoms with Crippen LogP contribution < -0.4 is 0 Å². The van der Waals surface area contributed by atoms with Crippen LogP contribution in [0.2, 0.25) is 0 Å². The summed E-state index contributed by atoms with van der Waals surface area (Å²) in [6.07, 6.45) is 4.34. The van der Waals surface area contributed by atoms with Crippen molar-refractivity contribution in [2.75, 3.05) is 18.8 Å². The van der Waals surface area contributed by atoms with Gasteiger partial charge in [0.1, 0.15) is 0 Å². The van der Waals surface area contributed by atoms with Crippen LogP contribution in [0.3, 0.4) is 0 Å². The molecule has 0 saturated carbocycles. The lowest BCUT2D eigenvalue weighted by molar-refractivity contribution is 0.312. The van der Waals surface area contributed by atoms with Crippen LogP contribution in [-0.2, 0) is 10.0 Å². The average molecular weight is 257 g/mol. The molecule has 1 unspecified atom stereocenters. The Morgan fingerprint density at radius 3 is 3.06 bits per heavy atom. The minimum absolute atomic E-state index is 0.253. The smallest absolute Gasteiger partial charge is 0.214 e. The monoisotopic (exact) mass is 257 g/mol. The number of sulfonamides is 1. The molecule has 0 amide bonds. The molecule has 0 aliphatic carbocycles. The Labute approximate surface area is 102 Å². The zero-order valence-electron chi connectivity index (χ0n) is 10.1. The zero-order chi connectivity index (χ0) is 12.3. The number of nitrogens with zero attached hydrogens (tertiary/aromatic N) is 2. The normalized spacial score (nSPS) is 22.8. The van der Waals surface area contributed by atoms with Gasteiger partial charge >= 0.3 is 0 Å². The minimum Gasteiger partial charge on any atom is -0.282 e. The van der Waals surface area contributed by atoms with Crippen LogP contribution in [-0.4, -0.2) is 41.8 Å². The third-order valence-electron chi connectivity index (χ3n) is 3.20. The fourth-order valence-electron chi connectivity index (χ4n) is 2.33. The second-order valence-corrected chi connectivity index (χ2v) is 6.61. The van der Waals surface area contributed by atoms with E-state index >= 15 is 0 Å². The molecule has 5 nitrogen and oxygen atoms in total. The Bertz CT molecular complexity index is 441. The number of H-pyrrole nitrogens is 1. The van der Waals surface area contributed by atoms with Gasteiger partial charge in [0.25, 0.3) is 0 Å². The first-order chi connectivity index (χ1) is 8.13. The van der Waals surface area contributed by atoms with Gasteiger partial charge in [0.05, 0.1) is 5.75 Å². The molecule has 2 heterocycles. The van der Waals surface area contributed by atoms with E-state index in [2.05, 4.69) is 10.2 Å². The van der Waals surface area contributed by atoms with Crippen LogP contribution in [0, 0.1) is 0 Å². The van der Waals surface area contributed by atoms with Crippen molar-refractivity contribution in [2.45, 2.75) is 32.1 Å². The van der Waals surface area contributed by atoms with Crippen LogP contribution in [0.1, 0.15) is 37.8 Å². The van der Waals surface area contributed by atoms with Crippen molar-refractivity contribution in [3.05, 3.63) is 18.0 Å². The highest BCUT2D eigenvalue weighted by Gasteiger charge is 2.29.